The van der Waals surface area contributed by atoms with Crippen LogP contribution in [0.2, 0.25) is 0 Å². The lowest BCUT2D eigenvalue weighted by Crippen LogP contribution is -2.13. The van der Waals surface area contributed by atoms with Gasteiger partial charge in [0.1, 0.15) is 5.75 Å². The van der Waals surface area contributed by atoms with Gasteiger partial charge < -0.3 is 15.4 Å². The molecule has 1 aliphatic heterocycles. The number of hydrogen-bond acceptors (Lipinski definition) is 2. The summed E-state index contributed by atoms with van der Waals surface area (Å²) in [6, 6.07) is 2.03. The predicted octanol–water partition coefficient (Wildman–Crippen LogP) is 1.14. The van der Waals surface area contributed by atoms with Crippen LogP contribution in [0.4, 0.5) is 0 Å². The molecule has 1 fully saturated rings. The smallest absolute Gasteiger partial charge is 0.137 e. The first-order valence-electron chi connectivity index (χ1n) is 3.97. The molecule has 0 radical (unpaired) electrons. The Kier molecular flexibility index (Phi) is 1.58. The molecule has 0 spiro atoms. The molecule has 1 aliphatic rings. The van der Waals surface area contributed by atoms with E-state index in [0.29, 0.717) is 11.8 Å². The zero-order valence-electron chi connectivity index (χ0n) is 6.30. The summed E-state index contributed by atoms with van der Waals surface area (Å²) in [6.07, 6.45) is 4.09. The van der Waals surface area contributed by atoms with Crippen molar-refractivity contribution in [3.05, 3.63) is 18.0 Å². The SMILES string of the molecule is Oc1cc[nH]c1[C@H]1CCCN1. The molecule has 0 unspecified atom stereocenters. The first-order valence-corrected chi connectivity index (χ1v) is 3.97. The zero-order chi connectivity index (χ0) is 7.68. The van der Waals surface area contributed by atoms with E-state index in [4.69, 9.17) is 0 Å². The van der Waals surface area contributed by atoms with Gasteiger partial charge in [-0.25, -0.2) is 0 Å². The van der Waals surface area contributed by atoms with Crippen molar-refractivity contribution in [2.24, 2.45) is 0 Å². The van der Waals surface area contributed by atoms with Crippen LogP contribution in [0.25, 0.3) is 0 Å². The van der Waals surface area contributed by atoms with Crippen molar-refractivity contribution >= 4 is 0 Å². The minimum absolute atomic E-state index is 0.338. The highest BCUT2D eigenvalue weighted by Gasteiger charge is 2.19. The van der Waals surface area contributed by atoms with Crippen molar-refractivity contribution in [2.45, 2.75) is 18.9 Å². The highest BCUT2D eigenvalue weighted by atomic mass is 16.3. The van der Waals surface area contributed by atoms with E-state index < -0.39 is 0 Å². The van der Waals surface area contributed by atoms with Gasteiger partial charge in [0.2, 0.25) is 0 Å². The van der Waals surface area contributed by atoms with Crippen LogP contribution in [0.5, 0.6) is 5.75 Å². The van der Waals surface area contributed by atoms with Gasteiger partial charge >= 0.3 is 0 Å². The molecule has 1 aromatic heterocycles. The maximum absolute atomic E-state index is 9.34. The minimum Gasteiger partial charge on any atom is -0.506 e. The van der Waals surface area contributed by atoms with Gasteiger partial charge in [-0.15, -0.1) is 0 Å². The van der Waals surface area contributed by atoms with Crippen LogP contribution < -0.4 is 5.32 Å². The Balaban J connectivity index is 2.21. The van der Waals surface area contributed by atoms with Crippen molar-refractivity contribution in [1.29, 1.82) is 0 Å². The molecule has 0 bridgehead atoms. The van der Waals surface area contributed by atoms with Crippen molar-refractivity contribution in [1.82, 2.24) is 10.3 Å². The quantitative estimate of drug-likeness (QED) is 0.565. The summed E-state index contributed by atoms with van der Waals surface area (Å²) in [4.78, 5) is 3.03. The Hall–Kier alpha value is -0.960. The molecule has 3 N–H and O–H groups in total. The summed E-state index contributed by atoms with van der Waals surface area (Å²) in [5, 5.41) is 12.6. The monoisotopic (exact) mass is 152 g/mol. The standard InChI is InChI=1S/C8H12N2O/c11-7-3-5-10-8(7)6-2-1-4-9-6/h3,5-6,9-11H,1-2,4H2/t6-/m1/s1. The second-order valence-electron chi connectivity index (χ2n) is 2.93. The van der Waals surface area contributed by atoms with Crippen molar-refractivity contribution in [2.75, 3.05) is 6.54 Å². The number of aromatic hydroxyl groups is 1. The maximum atomic E-state index is 9.34. The molecule has 0 amide bonds. The van der Waals surface area contributed by atoms with E-state index in [-0.39, 0.29) is 0 Å². The summed E-state index contributed by atoms with van der Waals surface area (Å²) in [6.45, 7) is 1.06. The van der Waals surface area contributed by atoms with E-state index in [0.717, 1.165) is 18.7 Å². The Labute approximate surface area is 65.4 Å². The van der Waals surface area contributed by atoms with E-state index >= 15 is 0 Å². The molecule has 1 aromatic rings. The molecule has 1 atom stereocenters. The van der Waals surface area contributed by atoms with Gasteiger partial charge in [-0.3, -0.25) is 0 Å². The molecule has 0 aromatic carbocycles. The molecule has 11 heavy (non-hydrogen) atoms. The number of nitrogens with one attached hydrogen (secondary N) is 2. The van der Waals surface area contributed by atoms with Crippen LogP contribution in [0, 0.1) is 0 Å². The van der Waals surface area contributed by atoms with Crippen LogP contribution in [-0.4, -0.2) is 16.6 Å². The van der Waals surface area contributed by atoms with E-state index in [1.807, 2.05) is 0 Å². The fourth-order valence-electron chi connectivity index (χ4n) is 1.58. The highest BCUT2D eigenvalue weighted by Crippen LogP contribution is 2.28. The van der Waals surface area contributed by atoms with Crippen LogP contribution in [0.1, 0.15) is 24.6 Å². The first-order chi connectivity index (χ1) is 5.38. The molecule has 3 heteroatoms. The fraction of sp³-hybridized carbons (Fsp3) is 0.500. The van der Waals surface area contributed by atoms with E-state index in [1.165, 1.54) is 6.42 Å². The molecule has 1 saturated heterocycles. The Morgan fingerprint density at radius 3 is 3.00 bits per heavy atom. The van der Waals surface area contributed by atoms with Gasteiger partial charge in [0.05, 0.1) is 11.7 Å². The van der Waals surface area contributed by atoms with Crippen molar-refractivity contribution < 1.29 is 5.11 Å². The average Bonchev–Trinajstić information content (AvgIpc) is 2.55. The Morgan fingerprint density at radius 2 is 2.45 bits per heavy atom. The molecule has 60 valence electrons. The normalized spacial score (nSPS) is 24.2. The van der Waals surface area contributed by atoms with Gasteiger partial charge in [0.25, 0.3) is 0 Å². The van der Waals surface area contributed by atoms with Crippen LogP contribution in [-0.2, 0) is 0 Å². The summed E-state index contributed by atoms with van der Waals surface area (Å²) in [5.41, 5.74) is 0.933. The third kappa shape index (κ3) is 1.12. The van der Waals surface area contributed by atoms with Gasteiger partial charge in [0, 0.05) is 6.20 Å². The lowest BCUT2D eigenvalue weighted by atomic mass is 10.1. The topological polar surface area (TPSA) is 48.0 Å². The molecular weight excluding hydrogens is 140 g/mol. The summed E-state index contributed by atoms with van der Waals surface area (Å²) in [5.74, 6) is 0.379. The number of H-pyrrole nitrogens is 1. The van der Waals surface area contributed by atoms with E-state index in [1.54, 1.807) is 12.3 Å². The molecular formula is C8H12N2O. The number of aromatic nitrogens is 1. The third-order valence-corrected chi connectivity index (χ3v) is 2.16. The van der Waals surface area contributed by atoms with Gasteiger partial charge in [0.15, 0.2) is 0 Å². The molecule has 2 heterocycles. The lowest BCUT2D eigenvalue weighted by molar-refractivity contribution is 0.456. The van der Waals surface area contributed by atoms with Crippen LogP contribution in [0.3, 0.4) is 0 Å². The Bertz CT molecular complexity index is 238. The van der Waals surface area contributed by atoms with Gasteiger partial charge in [-0.1, -0.05) is 0 Å². The van der Waals surface area contributed by atoms with Crippen molar-refractivity contribution in [3.8, 4) is 5.75 Å². The van der Waals surface area contributed by atoms with Gasteiger partial charge in [-0.05, 0) is 25.5 Å². The fourth-order valence-corrected chi connectivity index (χ4v) is 1.58. The Morgan fingerprint density at radius 1 is 1.55 bits per heavy atom. The molecule has 0 saturated carbocycles. The van der Waals surface area contributed by atoms with E-state index in [2.05, 4.69) is 10.3 Å². The maximum Gasteiger partial charge on any atom is 0.137 e. The first kappa shape index (κ1) is 6.73. The average molecular weight is 152 g/mol. The molecule has 3 nitrogen and oxygen atoms in total. The second-order valence-corrected chi connectivity index (χ2v) is 2.93. The lowest BCUT2D eigenvalue weighted by Gasteiger charge is -2.07. The number of rotatable bonds is 1. The van der Waals surface area contributed by atoms with Gasteiger partial charge in [-0.2, -0.15) is 0 Å². The van der Waals surface area contributed by atoms with Crippen molar-refractivity contribution in [3.63, 3.8) is 0 Å². The highest BCUT2D eigenvalue weighted by molar-refractivity contribution is 5.29. The third-order valence-electron chi connectivity index (χ3n) is 2.16. The largest absolute Gasteiger partial charge is 0.506 e. The summed E-state index contributed by atoms with van der Waals surface area (Å²) >= 11 is 0. The van der Waals surface area contributed by atoms with E-state index in [9.17, 15) is 5.11 Å². The predicted molar refractivity (Wildman–Crippen MR) is 42.4 cm³/mol. The minimum atomic E-state index is 0.338. The van der Waals surface area contributed by atoms with Crippen LogP contribution >= 0.6 is 0 Å². The summed E-state index contributed by atoms with van der Waals surface area (Å²) in [7, 11) is 0. The summed E-state index contributed by atoms with van der Waals surface area (Å²) < 4.78 is 0. The molecule has 2 rings (SSSR count). The zero-order valence-corrected chi connectivity index (χ0v) is 6.30. The number of aromatic amines is 1. The molecule has 0 aliphatic carbocycles. The number of hydrogen-bond donors (Lipinski definition) is 3. The second kappa shape index (κ2) is 2.58. The van der Waals surface area contributed by atoms with Crippen LogP contribution in [0.15, 0.2) is 12.3 Å².